The zero-order valence-electron chi connectivity index (χ0n) is 18.6. The number of rotatable bonds is 9. The number of likely N-dealkylation sites (tertiary alicyclic amines) is 1. The van der Waals surface area contributed by atoms with E-state index >= 15 is 0 Å². The lowest BCUT2D eigenvalue weighted by atomic mass is 10.0. The maximum atomic E-state index is 10.2. The Kier molecular flexibility index (Phi) is 7.68. The van der Waals surface area contributed by atoms with Crippen molar-refractivity contribution in [3.05, 3.63) is 58.1 Å². The highest BCUT2D eigenvalue weighted by atomic mass is 79.9. The number of aryl methyl sites for hydroxylation is 1. The molecule has 2 aliphatic heterocycles. The fraction of sp³-hybridized carbons (Fsp3) is 0.538. The molecule has 31 heavy (non-hydrogen) atoms. The van der Waals surface area contributed by atoms with Gasteiger partial charge in [-0.1, -0.05) is 72.6 Å². The molecule has 2 aliphatic rings. The summed E-state index contributed by atoms with van der Waals surface area (Å²) >= 11 is 5.43. The first-order chi connectivity index (χ1) is 15.1. The Bertz CT molecular complexity index is 866. The van der Waals surface area contributed by atoms with E-state index < -0.39 is 0 Å². The molecule has 0 aliphatic carbocycles. The second kappa shape index (κ2) is 10.3. The van der Waals surface area contributed by atoms with E-state index in [1.54, 1.807) is 0 Å². The molecule has 2 aromatic carbocycles. The van der Waals surface area contributed by atoms with Crippen LogP contribution in [0.2, 0.25) is 0 Å². The lowest BCUT2D eigenvalue weighted by Gasteiger charge is -2.28. The van der Waals surface area contributed by atoms with E-state index in [1.807, 2.05) is 11.8 Å². The van der Waals surface area contributed by atoms with Gasteiger partial charge in [0.1, 0.15) is 5.75 Å². The average Bonchev–Trinajstić information content (AvgIpc) is 3.33. The van der Waals surface area contributed by atoms with Gasteiger partial charge >= 0.3 is 0 Å². The molecule has 1 N–H and O–H groups in total. The Hall–Kier alpha value is -1.01. The van der Waals surface area contributed by atoms with Crippen LogP contribution in [0, 0.1) is 0 Å². The van der Waals surface area contributed by atoms with E-state index in [2.05, 4.69) is 77.1 Å². The van der Waals surface area contributed by atoms with Gasteiger partial charge in [0, 0.05) is 16.6 Å². The second-order valence-corrected chi connectivity index (χ2v) is 11.2. The van der Waals surface area contributed by atoms with Gasteiger partial charge in [0.15, 0.2) is 4.93 Å². The predicted molar refractivity (Wildman–Crippen MR) is 133 cm³/mol. The highest BCUT2D eigenvalue weighted by Gasteiger charge is 2.40. The lowest BCUT2D eigenvalue weighted by molar-refractivity contribution is 0.0596. The maximum Gasteiger partial charge on any atom is 0.159 e. The number of halogens is 1. The zero-order valence-corrected chi connectivity index (χ0v) is 21.1. The molecule has 168 valence electrons. The van der Waals surface area contributed by atoms with Gasteiger partial charge in [-0.15, -0.1) is 0 Å². The van der Waals surface area contributed by atoms with Crippen LogP contribution < -0.4 is 4.74 Å². The molecule has 0 bridgehead atoms. The third-order valence-electron chi connectivity index (χ3n) is 6.69. The molecule has 0 saturated carbocycles. The molecule has 0 radical (unpaired) electrons. The van der Waals surface area contributed by atoms with E-state index in [0.29, 0.717) is 6.04 Å². The molecule has 4 rings (SSSR count). The summed E-state index contributed by atoms with van der Waals surface area (Å²) < 4.78 is 7.58. The van der Waals surface area contributed by atoms with Crippen LogP contribution in [-0.4, -0.2) is 27.7 Å². The van der Waals surface area contributed by atoms with Crippen molar-refractivity contribution >= 4 is 27.7 Å². The van der Waals surface area contributed by atoms with Crippen LogP contribution >= 0.6 is 27.7 Å². The van der Waals surface area contributed by atoms with Gasteiger partial charge in [0.05, 0.1) is 11.6 Å². The standard InChI is InChI=1S/C26H34BrNO2S/c1-3-15-26(16-4-2)30-24-14-8-20(17-25(24)31-26)23-13-12-22(28(23)18-29)11-7-19-5-9-21(27)10-6-19/h5-6,8-10,14,17,22-23,29H,3-4,7,11-13,15-16,18H2,1-2H3. The van der Waals surface area contributed by atoms with E-state index in [1.165, 1.54) is 16.0 Å². The highest BCUT2D eigenvalue weighted by molar-refractivity contribution is 9.10. The van der Waals surface area contributed by atoms with Crippen molar-refractivity contribution in [2.45, 2.75) is 87.1 Å². The summed E-state index contributed by atoms with van der Waals surface area (Å²) in [5, 5.41) is 10.2. The number of benzene rings is 2. The van der Waals surface area contributed by atoms with E-state index in [-0.39, 0.29) is 17.7 Å². The summed E-state index contributed by atoms with van der Waals surface area (Å²) in [5.41, 5.74) is 2.68. The normalized spacial score (nSPS) is 22.5. The van der Waals surface area contributed by atoms with E-state index in [9.17, 15) is 5.11 Å². The quantitative estimate of drug-likeness (QED) is 0.388. The highest BCUT2D eigenvalue weighted by Crippen LogP contribution is 2.53. The summed E-state index contributed by atoms with van der Waals surface area (Å²) in [4.78, 5) is 3.48. The van der Waals surface area contributed by atoms with Crippen molar-refractivity contribution in [1.82, 2.24) is 4.90 Å². The predicted octanol–water partition coefficient (Wildman–Crippen LogP) is 7.32. The SMILES string of the molecule is CCCC1(CCC)Oc2ccc(C3CCC(CCc4ccc(Br)cc4)N3CO)cc2S1. The van der Waals surface area contributed by atoms with Crippen LogP contribution in [-0.2, 0) is 6.42 Å². The van der Waals surface area contributed by atoms with E-state index in [0.717, 1.165) is 61.6 Å². The first-order valence-electron chi connectivity index (χ1n) is 11.7. The first kappa shape index (κ1) is 23.2. The number of hydrogen-bond donors (Lipinski definition) is 1. The molecular weight excluding hydrogens is 470 g/mol. The minimum atomic E-state index is -0.0932. The van der Waals surface area contributed by atoms with Crippen LogP contribution in [0.1, 0.15) is 76.0 Å². The number of ether oxygens (including phenoxy) is 1. The molecular formula is C26H34BrNO2S. The van der Waals surface area contributed by atoms with Gasteiger partial charge in [0.2, 0.25) is 0 Å². The molecule has 5 heteroatoms. The Morgan fingerprint density at radius 1 is 1.10 bits per heavy atom. The molecule has 0 spiro atoms. The van der Waals surface area contributed by atoms with Gasteiger partial charge in [-0.05, 0) is 73.9 Å². The van der Waals surface area contributed by atoms with Crippen molar-refractivity contribution in [3.8, 4) is 5.75 Å². The molecule has 2 unspecified atom stereocenters. The van der Waals surface area contributed by atoms with Gasteiger partial charge in [-0.2, -0.15) is 0 Å². The number of hydrogen-bond acceptors (Lipinski definition) is 4. The average molecular weight is 505 g/mol. The topological polar surface area (TPSA) is 32.7 Å². The summed E-state index contributed by atoms with van der Waals surface area (Å²) in [6.45, 7) is 4.59. The van der Waals surface area contributed by atoms with Crippen LogP contribution in [0.4, 0.5) is 0 Å². The molecule has 0 amide bonds. The van der Waals surface area contributed by atoms with Gasteiger partial charge < -0.3 is 9.84 Å². The maximum absolute atomic E-state index is 10.2. The molecule has 3 nitrogen and oxygen atoms in total. The van der Waals surface area contributed by atoms with Crippen molar-refractivity contribution in [2.24, 2.45) is 0 Å². The Labute approximate surface area is 199 Å². The minimum Gasteiger partial charge on any atom is -0.475 e. The number of fused-ring (bicyclic) bond motifs is 1. The van der Waals surface area contributed by atoms with Gasteiger partial charge in [-0.25, -0.2) is 0 Å². The molecule has 2 aromatic rings. The summed E-state index contributed by atoms with van der Waals surface area (Å²) in [7, 11) is 0. The zero-order chi connectivity index (χ0) is 21.8. The second-order valence-electron chi connectivity index (χ2n) is 8.89. The summed E-state index contributed by atoms with van der Waals surface area (Å²) in [6, 6.07) is 16.0. The van der Waals surface area contributed by atoms with Crippen molar-refractivity contribution in [2.75, 3.05) is 6.73 Å². The lowest BCUT2D eigenvalue weighted by Crippen LogP contribution is -2.32. The van der Waals surface area contributed by atoms with Crippen LogP contribution in [0.3, 0.4) is 0 Å². The third kappa shape index (κ3) is 5.16. The number of aliphatic hydroxyl groups excluding tert-OH is 1. The Balaban J connectivity index is 1.45. The van der Waals surface area contributed by atoms with Crippen LogP contribution in [0.15, 0.2) is 51.8 Å². The summed E-state index contributed by atoms with van der Waals surface area (Å²) in [5.74, 6) is 1.04. The Morgan fingerprint density at radius 3 is 2.52 bits per heavy atom. The van der Waals surface area contributed by atoms with E-state index in [4.69, 9.17) is 4.74 Å². The molecule has 1 saturated heterocycles. The molecule has 0 aromatic heterocycles. The monoisotopic (exact) mass is 503 g/mol. The molecule has 2 heterocycles. The molecule has 2 atom stereocenters. The van der Waals surface area contributed by atoms with Crippen molar-refractivity contribution in [1.29, 1.82) is 0 Å². The molecule has 1 fully saturated rings. The number of nitrogens with zero attached hydrogens (tertiary/aromatic N) is 1. The first-order valence-corrected chi connectivity index (χ1v) is 13.3. The van der Waals surface area contributed by atoms with Gasteiger partial charge in [0.25, 0.3) is 0 Å². The van der Waals surface area contributed by atoms with Crippen LogP contribution in [0.25, 0.3) is 0 Å². The Morgan fingerprint density at radius 2 is 1.84 bits per heavy atom. The number of aliphatic hydroxyl groups is 1. The smallest absolute Gasteiger partial charge is 0.159 e. The third-order valence-corrected chi connectivity index (χ3v) is 8.62. The number of thioether (sulfide) groups is 1. The van der Waals surface area contributed by atoms with Crippen molar-refractivity contribution < 1.29 is 9.84 Å². The largest absolute Gasteiger partial charge is 0.475 e. The van der Waals surface area contributed by atoms with Crippen molar-refractivity contribution in [3.63, 3.8) is 0 Å². The minimum absolute atomic E-state index is 0.0932. The summed E-state index contributed by atoms with van der Waals surface area (Å²) in [6.07, 6.45) is 8.80. The fourth-order valence-electron chi connectivity index (χ4n) is 5.21. The van der Waals surface area contributed by atoms with Crippen LogP contribution in [0.5, 0.6) is 5.75 Å². The van der Waals surface area contributed by atoms with Gasteiger partial charge in [-0.3, -0.25) is 4.90 Å². The fourth-order valence-corrected chi connectivity index (χ4v) is 7.03.